The van der Waals surface area contributed by atoms with Crippen molar-refractivity contribution < 1.29 is 0 Å². The van der Waals surface area contributed by atoms with Crippen LogP contribution in [0.1, 0.15) is 31.2 Å². The van der Waals surface area contributed by atoms with Gasteiger partial charge in [0.15, 0.2) is 0 Å². The van der Waals surface area contributed by atoms with Crippen LogP contribution in [0.4, 0.5) is 5.82 Å². The Morgan fingerprint density at radius 3 is 2.89 bits per heavy atom. The minimum absolute atomic E-state index is 0.0285. The number of aryl methyl sites for hydroxylation is 1. The zero-order valence-corrected chi connectivity index (χ0v) is 11.9. The van der Waals surface area contributed by atoms with Crippen molar-refractivity contribution in [1.82, 2.24) is 9.97 Å². The number of hydrogen-bond donors (Lipinski definition) is 1. The number of nitrogens with zero attached hydrogens (tertiary/aromatic N) is 2. The number of anilines is 1. The summed E-state index contributed by atoms with van der Waals surface area (Å²) in [4.78, 5) is 8.76. The molecule has 5 heteroatoms. The van der Waals surface area contributed by atoms with Crippen molar-refractivity contribution in [3.8, 4) is 0 Å². The highest BCUT2D eigenvalue weighted by Crippen LogP contribution is 2.36. The summed E-state index contributed by atoms with van der Waals surface area (Å²) in [5, 5.41) is 5.72. The van der Waals surface area contributed by atoms with Gasteiger partial charge in [-0.2, -0.15) is 0 Å². The van der Waals surface area contributed by atoms with Crippen LogP contribution in [-0.4, -0.2) is 21.4 Å². The Kier molecular flexibility index (Phi) is 3.16. The van der Waals surface area contributed by atoms with E-state index >= 15 is 0 Å². The average Bonchev–Trinajstić information content (AvgIpc) is 2.99. The summed E-state index contributed by atoms with van der Waals surface area (Å²) in [6.45, 7) is 2.09. The van der Waals surface area contributed by atoms with Crippen LogP contribution in [0.2, 0.25) is 0 Å². The number of nitrogens with one attached hydrogen (secondary N) is 1. The molecule has 18 heavy (non-hydrogen) atoms. The van der Waals surface area contributed by atoms with Crippen molar-refractivity contribution in [3.05, 3.63) is 17.3 Å². The molecule has 2 aromatic heterocycles. The fourth-order valence-corrected chi connectivity index (χ4v) is 3.93. The normalized spacial score (nSPS) is 18.3. The number of thiophene rings is 1. The quantitative estimate of drug-likeness (QED) is 0.865. The monoisotopic (exact) mass is 281 g/mol. The molecule has 1 saturated carbocycles. The maximum absolute atomic E-state index is 6.17. The maximum Gasteiger partial charge on any atom is 0.147 e. The lowest BCUT2D eigenvalue weighted by molar-refractivity contribution is 0.538. The number of hydrogen-bond acceptors (Lipinski definition) is 4. The highest BCUT2D eigenvalue weighted by molar-refractivity contribution is 7.18. The predicted molar refractivity (Wildman–Crippen MR) is 77.7 cm³/mol. The van der Waals surface area contributed by atoms with Crippen molar-refractivity contribution in [2.45, 2.75) is 38.1 Å². The molecule has 0 bridgehead atoms. The molecule has 3 nitrogen and oxygen atoms in total. The molecule has 2 aromatic rings. The van der Waals surface area contributed by atoms with Gasteiger partial charge in [0.25, 0.3) is 0 Å². The highest BCUT2D eigenvalue weighted by Gasteiger charge is 2.33. The fraction of sp³-hybridized carbons (Fsp3) is 0.538. The zero-order chi connectivity index (χ0) is 12.6. The minimum atomic E-state index is 0.0285. The summed E-state index contributed by atoms with van der Waals surface area (Å²) in [5.41, 5.74) is 2.30. The molecule has 0 atom stereocenters. The molecule has 2 heterocycles. The third-order valence-electron chi connectivity index (χ3n) is 3.73. The lowest BCUT2D eigenvalue weighted by Gasteiger charge is -2.28. The first-order valence-corrected chi connectivity index (χ1v) is 7.68. The third kappa shape index (κ3) is 1.97. The molecule has 3 rings (SSSR count). The molecule has 1 fully saturated rings. The second-order valence-electron chi connectivity index (χ2n) is 5.06. The Labute approximate surface area is 116 Å². The van der Waals surface area contributed by atoms with E-state index < -0.39 is 0 Å². The molecule has 0 saturated heterocycles. The van der Waals surface area contributed by atoms with Crippen molar-refractivity contribution in [2.24, 2.45) is 0 Å². The first-order valence-electron chi connectivity index (χ1n) is 6.27. The van der Waals surface area contributed by atoms with E-state index in [2.05, 4.69) is 27.6 Å². The largest absolute Gasteiger partial charge is 0.362 e. The summed E-state index contributed by atoms with van der Waals surface area (Å²) in [5.74, 6) is 1.59. The van der Waals surface area contributed by atoms with Gasteiger partial charge in [-0.3, -0.25) is 0 Å². The van der Waals surface area contributed by atoms with E-state index in [0.717, 1.165) is 28.9 Å². The maximum atomic E-state index is 6.17. The molecule has 0 aromatic carbocycles. The fourth-order valence-electron chi connectivity index (χ4n) is 2.65. The lowest BCUT2D eigenvalue weighted by atomic mass is 10.0. The Morgan fingerprint density at radius 2 is 2.17 bits per heavy atom. The summed E-state index contributed by atoms with van der Waals surface area (Å²) in [7, 11) is 0. The average molecular weight is 282 g/mol. The summed E-state index contributed by atoms with van der Waals surface area (Å²) in [6.07, 6.45) is 6.40. The molecule has 1 aliphatic rings. The SMILES string of the molecule is Cc1csc2c(NC3(CCl)CCCC3)ncnc12. The van der Waals surface area contributed by atoms with Crippen LogP contribution in [0, 0.1) is 6.92 Å². The number of aromatic nitrogens is 2. The van der Waals surface area contributed by atoms with Crippen molar-refractivity contribution >= 4 is 39.0 Å². The van der Waals surface area contributed by atoms with Crippen LogP contribution in [0.15, 0.2) is 11.7 Å². The van der Waals surface area contributed by atoms with Gasteiger partial charge in [-0.15, -0.1) is 22.9 Å². The van der Waals surface area contributed by atoms with E-state index in [0.29, 0.717) is 5.88 Å². The van der Waals surface area contributed by atoms with Crippen LogP contribution in [0.25, 0.3) is 10.2 Å². The Hall–Kier alpha value is -0.870. The summed E-state index contributed by atoms with van der Waals surface area (Å²) >= 11 is 7.87. The third-order valence-corrected chi connectivity index (χ3v) is 5.34. The van der Waals surface area contributed by atoms with Gasteiger partial charge in [0.2, 0.25) is 0 Å². The molecular formula is C13H16ClN3S. The Morgan fingerprint density at radius 1 is 1.39 bits per heavy atom. The van der Waals surface area contributed by atoms with Crippen LogP contribution in [-0.2, 0) is 0 Å². The van der Waals surface area contributed by atoms with E-state index in [-0.39, 0.29) is 5.54 Å². The number of alkyl halides is 1. The second kappa shape index (κ2) is 4.67. The molecule has 1 aliphatic carbocycles. The van der Waals surface area contributed by atoms with E-state index in [1.54, 1.807) is 17.7 Å². The first kappa shape index (κ1) is 12.2. The number of fused-ring (bicyclic) bond motifs is 1. The van der Waals surface area contributed by atoms with Gasteiger partial charge < -0.3 is 5.32 Å². The molecule has 0 aliphatic heterocycles. The van der Waals surface area contributed by atoms with Gasteiger partial charge >= 0.3 is 0 Å². The predicted octanol–water partition coefficient (Wildman–Crippen LogP) is 3.96. The number of rotatable bonds is 3. The van der Waals surface area contributed by atoms with E-state index in [1.165, 1.54) is 18.4 Å². The second-order valence-corrected chi connectivity index (χ2v) is 6.21. The lowest BCUT2D eigenvalue weighted by Crippen LogP contribution is -2.37. The smallest absolute Gasteiger partial charge is 0.147 e. The van der Waals surface area contributed by atoms with E-state index in [1.807, 2.05) is 0 Å². The van der Waals surface area contributed by atoms with E-state index in [4.69, 9.17) is 11.6 Å². The van der Waals surface area contributed by atoms with Crippen molar-refractivity contribution in [1.29, 1.82) is 0 Å². The topological polar surface area (TPSA) is 37.8 Å². The van der Waals surface area contributed by atoms with Gasteiger partial charge in [-0.25, -0.2) is 9.97 Å². The van der Waals surface area contributed by atoms with Crippen molar-refractivity contribution in [2.75, 3.05) is 11.2 Å². The summed E-state index contributed by atoms with van der Waals surface area (Å²) in [6, 6.07) is 0. The van der Waals surface area contributed by atoms with Crippen molar-refractivity contribution in [3.63, 3.8) is 0 Å². The van der Waals surface area contributed by atoms with Gasteiger partial charge in [-0.05, 0) is 30.7 Å². The molecule has 0 unspecified atom stereocenters. The van der Waals surface area contributed by atoms with Gasteiger partial charge in [0.1, 0.15) is 12.1 Å². The van der Waals surface area contributed by atoms with E-state index in [9.17, 15) is 0 Å². The first-order chi connectivity index (χ1) is 8.74. The zero-order valence-electron chi connectivity index (χ0n) is 10.4. The van der Waals surface area contributed by atoms with Gasteiger partial charge in [-0.1, -0.05) is 12.8 Å². The van der Waals surface area contributed by atoms with Gasteiger partial charge in [0, 0.05) is 5.88 Å². The standard InChI is InChI=1S/C13H16ClN3S/c1-9-6-18-11-10(9)15-8-16-12(11)17-13(7-14)4-2-3-5-13/h6,8H,2-5,7H2,1H3,(H,15,16,17). The molecular weight excluding hydrogens is 266 g/mol. The minimum Gasteiger partial charge on any atom is -0.362 e. The molecule has 0 spiro atoms. The Balaban J connectivity index is 1.99. The molecule has 0 amide bonds. The van der Waals surface area contributed by atoms with Crippen LogP contribution in [0.3, 0.4) is 0 Å². The molecule has 0 radical (unpaired) electrons. The molecule has 1 N–H and O–H groups in total. The molecule has 96 valence electrons. The summed E-state index contributed by atoms with van der Waals surface area (Å²) < 4.78 is 1.14. The van der Waals surface area contributed by atoms with Crippen LogP contribution < -0.4 is 5.32 Å². The van der Waals surface area contributed by atoms with Crippen LogP contribution >= 0.6 is 22.9 Å². The van der Waals surface area contributed by atoms with Crippen LogP contribution in [0.5, 0.6) is 0 Å². The highest BCUT2D eigenvalue weighted by atomic mass is 35.5. The van der Waals surface area contributed by atoms with Gasteiger partial charge in [0.05, 0.1) is 15.8 Å². The number of halogens is 1. The Bertz CT molecular complexity index is 560.